The average Bonchev–Trinajstić information content (AvgIpc) is 2.98. The van der Waals surface area contributed by atoms with Crippen molar-refractivity contribution in [2.75, 3.05) is 20.0 Å². The van der Waals surface area contributed by atoms with E-state index in [9.17, 15) is 4.79 Å². The Bertz CT molecular complexity index is 638. The van der Waals surface area contributed by atoms with Gasteiger partial charge in [-0.25, -0.2) is 4.79 Å². The highest BCUT2D eigenvalue weighted by Gasteiger charge is 2.17. The van der Waals surface area contributed by atoms with Gasteiger partial charge in [0.1, 0.15) is 11.5 Å². The van der Waals surface area contributed by atoms with Crippen molar-refractivity contribution in [1.82, 2.24) is 0 Å². The molecule has 0 radical (unpaired) electrons. The standard InChI is InChI=1S/C15H17NO4S/c1-9(11-5-6-12(20-11)15(17)19-3)21-14-7-4-10(16)8-13(14)18-2/h4-9H,16H2,1-3H3. The highest BCUT2D eigenvalue weighted by molar-refractivity contribution is 7.99. The molecule has 1 heterocycles. The van der Waals surface area contributed by atoms with Crippen molar-refractivity contribution in [1.29, 1.82) is 0 Å². The topological polar surface area (TPSA) is 74.7 Å². The smallest absolute Gasteiger partial charge is 0.373 e. The molecule has 0 aliphatic carbocycles. The molecule has 2 aromatic rings. The van der Waals surface area contributed by atoms with E-state index in [1.54, 1.807) is 37.1 Å². The highest BCUT2D eigenvalue weighted by Crippen LogP contribution is 2.40. The molecule has 112 valence electrons. The first kappa shape index (κ1) is 15.3. The minimum Gasteiger partial charge on any atom is -0.496 e. The Hall–Kier alpha value is -2.08. The SMILES string of the molecule is COC(=O)c1ccc(C(C)Sc2ccc(N)cc2OC)o1. The van der Waals surface area contributed by atoms with Gasteiger partial charge in [0, 0.05) is 11.8 Å². The van der Waals surface area contributed by atoms with E-state index >= 15 is 0 Å². The molecule has 5 nitrogen and oxygen atoms in total. The fraction of sp³-hybridized carbons (Fsp3) is 0.267. The van der Waals surface area contributed by atoms with Crippen molar-refractivity contribution in [2.24, 2.45) is 0 Å². The van der Waals surface area contributed by atoms with Gasteiger partial charge in [-0.1, -0.05) is 0 Å². The summed E-state index contributed by atoms with van der Waals surface area (Å²) in [5.41, 5.74) is 6.39. The maximum absolute atomic E-state index is 11.4. The number of hydrogen-bond donors (Lipinski definition) is 1. The van der Waals surface area contributed by atoms with Gasteiger partial charge in [0.15, 0.2) is 0 Å². The molecule has 1 unspecified atom stereocenters. The van der Waals surface area contributed by atoms with Crippen LogP contribution in [0.25, 0.3) is 0 Å². The van der Waals surface area contributed by atoms with Crippen LogP contribution in [0, 0.1) is 0 Å². The number of ether oxygens (including phenoxy) is 2. The van der Waals surface area contributed by atoms with Crippen LogP contribution in [0.4, 0.5) is 5.69 Å². The molecule has 0 saturated heterocycles. The van der Waals surface area contributed by atoms with Gasteiger partial charge >= 0.3 is 5.97 Å². The molecule has 0 spiro atoms. The van der Waals surface area contributed by atoms with Gasteiger partial charge in [0.25, 0.3) is 0 Å². The zero-order valence-electron chi connectivity index (χ0n) is 12.1. The van der Waals surface area contributed by atoms with Crippen LogP contribution in [0.15, 0.2) is 39.6 Å². The van der Waals surface area contributed by atoms with Gasteiger partial charge in [0.05, 0.1) is 24.4 Å². The van der Waals surface area contributed by atoms with Crippen LogP contribution < -0.4 is 10.5 Å². The highest BCUT2D eigenvalue weighted by atomic mass is 32.2. The molecule has 21 heavy (non-hydrogen) atoms. The molecule has 2 rings (SSSR count). The first-order valence-electron chi connectivity index (χ1n) is 6.33. The molecule has 1 aromatic heterocycles. The van der Waals surface area contributed by atoms with E-state index in [-0.39, 0.29) is 11.0 Å². The minimum atomic E-state index is -0.483. The summed E-state index contributed by atoms with van der Waals surface area (Å²) < 4.78 is 15.4. The van der Waals surface area contributed by atoms with Crippen LogP contribution >= 0.6 is 11.8 Å². The van der Waals surface area contributed by atoms with Crippen molar-refractivity contribution in [3.63, 3.8) is 0 Å². The average molecular weight is 307 g/mol. The number of carbonyl (C=O) groups is 1. The predicted molar refractivity (Wildman–Crippen MR) is 81.7 cm³/mol. The number of thioether (sulfide) groups is 1. The number of benzene rings is 1. The Labute approximate surface area is 127 Å². The van der Waals surface area contributed by atoms with E-state index in [1.165, 1.54) is 7.11 Å². The van der Waals surface area contributed by atoms with Gasteiger partial charge < -0.3 is 19.6 Å². The van der Waals surface area contributed by atoms with Gasteiger partial charge in [-0.05, 0) is 31.2 Å². The summed E-state index contributed by atoms with van der Waals surface area (Å²) in [6.45, 7) is 1.99. The van der Waals surface area contributed by atoms with Crippen LogP contribution in [0.2, 0.25) is 0 Å². The van der Waals surface area contributed by atoms with Crippen molar-refractivity contribution in [3.8, 4) is 5.75 Å². The third kappa shape index (κ3) is 3.52. The van der Waals surface area contributed by atoms with Gasteiger partial charge in [0.2, 0.25) is 5.76 Å². The Morgan fingerprint density at radius 3 is 2.71 bits per heavy atom. The van der Waals surface area contributed by atoms with Gasteiger partial charge in [-0.2, -0.15) is 0 Å². The third-order valence-corrected chi connectivity index (χ3v) is 4.08. The number of furan rings is 1. The summed E-state index contributed by atoms with van der Waals surface area (Å²) in [5, 5.41) is 0.0148. The Morgan fingerprint density at radius 2 is 2.05 bits per heavy atom. The van der Waals surface area contributed by atoms with Crippen LogP contribution in [-0.2, 0) is 4.74 Å². The molecule has 1 aromatic carbocycles. The molecule has 2 N–H and O–H groups in total. The summed E-state index contributed by atoms with van der Waals surface area (Å²) in [6, 6.07) is 8.88. The number of esters is 1. The fourth-order valence-electron chi connectivity index (χ4n) is 1.81. The number of hydrogen-bond acceptors (Lipinski definition) is 6. The van der Waals surface area contributed by atoms with Gasteiger partial charge in [-0.15, -0.1) is 11.8 Å². The van der Waals surface area contributed by atoms with Crippen molar-refractivity contribution < 1.29 is 18.7 Å². The lowest BCUT2D eigenvalue weighted by Gasteiger charge is -2.12. The molecule has 6 heteroatoms. The zero-order chi connectivity index (χ0) is 15.4. The van der Waals surface area contributed by atoms with E-state index in [0.29, 0.717) is 17.2 Å². The molecular formula is C15H17NO4S. The second-order valence-electron chi connectivity index (χ2n) is 4.36. The Balaban J connectivity index is 2.16. The molecule has 0 bridgehead atoms. The zero-order valence-corrected chi connectivity index (χ0v) is 12.9. The van der Waals surface area contributed by atoms with Crippen LogP contribution in [0.5, 0.6) is 5.75 Å². The molecular weight excluding hydrogens is 290 g/mol. The number of rotatable bonds is 5. The summed E-state index contributed by atoms with van der Waals surface area (Å²) in [7, 11) is 2.92. The lowest BCUT2D eigenvalue weighted by molar-refractivity contribution is 0.0563. The molecule has 0 saturated carbocycles. The molecule has 0 fully saturated rings. The largest absolute Gasteiger partial charge is 0.496 e. The van der Waals surface area contributed by atoms with Crippen molar-refractivity contribution in [2.45, 2.75) is 17.1 Å². The number of anilines is 1. The maximum Gasteiger partial charge on any atom is 0.373 e. The van der Waals surface area contributed by atoms with Gasteiger partial charge in [-0.3, -0.25) is 0 Å². The summed E-state index contributed by atoms with van der Waals surface area (Å²) in [5.74, 6) is 1.12. The first-order valence-corrected chi connectivity index (χ1v) is 7.21. The number of methoxy groups -OCH3 is 2. The van der Waals surface area contributed by atoms with Crippen molar-refractivity contribution in [3.05, 3.63) is 41.9 Å². The van der Waals surface area contributed by atoms with Crippen LogP contribution in [0.3, 0.4) is 0 Å². The maximum atomic E-state index is 11.4. The normalized spacial score (nSPS) is 12.0. The lowest BCUT2D eigenvalue weighted by atomic mass is 10.3. The quantitative estimate of drug-likeness (QED) is 0.517. The third-order valence-electron chi connectivity index (χ3n) is 2.91. The Kier molecular flexibility index (Phi) is 4.80. The summed E-state index contributed by atoms with van der Waals surface area (Å²) in [6.07, 6.45) is 0. The summed E-state index contributed by atoms with van der Waals surface area (Å²) >= 11 is 1.56. The fourth-order valence-corrected chi connectivity index (χ4v) is 2.84. The number of carbonyl (C=O) groups excluding carboxylic acids is 1. The van der Waals surface area contributed by atoms with Crippen LogP contribution in [-0.4, -0.2) is 20.2 Å². The van der Waals surface area contributed by atoms with E-state index in [4.69, 9.17) is 14.9 Å². The molecule has 0 aliphatic heterocycles. The molecule has 0 amide bonds. The van der Waals surface area contributed by atoms with E-state index in [0.717, 1.165) is 4.90 Å². The van der Waals surface area contributed by atoms with E-state index in [1.807, 2.05) is 19.1 Å². The molecule has 0 aliphatic rings. The van der Waals surface area contributed by atoms with E-state index < -0.39 is 5.97 Å². The number of nitrogens with two attached hydrogens (primary N) is 1. The predicted octanol–water partition coefficient (Wildman–Crippen LogP) is 3.51. The number of nitrogen functional groups attached to an aromatic ring is 1. The van der Waals surface area contributed by atoms with Crippen molar-refractivity contribution >= 4 is 23.4 Å². The second kappa shape index (κ2) is 6.58. The minimum absolute atomic E-state index is 0.0148. The molecule has 1 atom stereocenters. The first-order chi connectivity index (χ1) is 10.0. The second-order valence-corrected chi connectivity index (χ2v) is 5.75. The summed E-state index contributed by atoms with van der Waals surface area (Å²) in [4.78, 5) is 12.3. The monoisotopic (exact) mass is 307 g/mol. The van der Waals surface area contributed by atoms with Crippen LogP contribution in [0.1, 0.15) is 28.5 Å². The Morgan fingerprint density at radius 1 is 1.29 bits per heavy atom. The van der Waals surface area contributed by atoms with E-state index in [2.05, 4.69) is 4.74 Å². The lowest BCUT2D eigenvalue weighted by Crippen LogP contribution is -1.98.